The lowest BCUT2D eigenvalue weighted by Gasteiger charge is -2.35. The van der Waals surface area contributed by atoms with E-state index in [2.05, 4.69) is 30.0 Å². The topological polar surface area (TPSA) is 26.7 Å². The second kappa shape index (κ2) is 5.81. The van der Waals surface area contributed by atoms with Crippen molar-refractivity contribution in [1.82, 2.24) is 9.80 Å². The maximum absolute atomic E-state index is 8.97. The van der Waals surface area contributed by atoms with Crippen molar-refractivity contribution < 1.29 is 5.11 Å². The molecule has 0 bridgehead atoms. The number of allylic oxidation sites excluding steroid dienone is 2. The van der Waals surface area contributed by atoms with Gasteiger partial charge in [-0.05, 0) is 19.9 Å². The Labute approximate surface area is 92.7 Å². The predicted octanol–water partition coefficient (Wildman–Crippen LogP) is 1.99. The van der Waals surface area contributed by atoms with Crippen LogP contribution < -0.4 is 0 Å². The molecule has 0 saturated carbocycles. The van der Waals surface area contributed by atoms with E-state index >= 15 is 0 Å². The fourth-order valence-electron chi connectivity index (χ4n) is 1.78. The van der Waals surface area contributed by atoms with Crippen molar-refractivity contribution in [3.05, 3.63) is 24.6 Å². The summed E-state index contributed by atoms with van der Waals surface area (Å²) in [6, 6.07) is 0. The maximum atomic E-state index is 8.97. The second-order valence-corrected chi connectivity index (χ2v) is 4.28. The van der Waals surface area contributed by atoms with Gasteiger partial charge in [-0.3, -0.25) is 0 Å². The average Bonchev–Trinajstić information content (AvgIpc) is 2.18. The van der Waals surface area contributed by atoms with Gasteiger partial charge in [0.05, 0.1) is 5.76 Å². The van der Waals surface area contributed by atoms with Gasteiger partial charge < -0.3 is 14.9 Å². The summed E-state index contributed by atoms with van der Waals surface area (Å²) >= 11 is 0. The van der Waals surface area contributed by atoms with Crippen molar-refractivity contribution in [3.8, 4) is 0 Å². The zero-order valence-electron chi connectivity index (χ0n) is 9.71. The molecule has 1 rings (SSSR count). The smallest absolute Gasteiger partial charge is 0.0851 e. The first kappa shape index (κ1) is 12.1. The van der Waals surface area contributed by atoms with Crippen LogP contribution in [0.4, 0.5) is 0 Å². The summed E-state index contributed by atoms with van der Waals surface area (Å²) in [5, 5.41) is 8.97. The first-order chi connectivity index (χ1) is 7.09. The second-order valence-electron chi connectivity index (χ2n) is 4.28. The third-order valence-corrected chi connectivity index (χ3v) is 2.88. The Morgan fingerprint density at radius 3 is 2.27 bits per heavy atom. The molecule has 0 aromatic carbocycles. The molecule has 0 spiro atoms. The highest BCUT2D eigenvalue weighted by Gasteiger charge is 2.14. The lowest BCUT2D eigenvalue weighted by Crippen LogP contribution is -2.43. The van der Waals surface area contributed by atoms with E-state index in [0.717, 1.165) is 39.0 Å². The minimum atomic E-state index is 0.279. The van der Waals surface area contributed by atoms with Gasteiger partial charge in [0.1, 0.15) is 0 Å². The van der Waals surface area contributed by atoms with Crippen LogP contribution in [0, 0.1) is 0 Å². The Morgan fingerprint density at radius 2 is 1.73 bits per heavy atom. The van der Waals surface area contributed by atoms with Crippen molar-refractivity contribution >= 4 is 0 Å². The summed E-state index contributed by atoms with van der Waals surface area (Å²) < 4.78 is 0. The quantitative estimate of drug-likeness (QED) is 0.703. The van der Waals surface area contributed by atoms with E-state index in [1.165, 1.54) is 5.70 Å². The number of hydrogen-bond donors (Lipinski definition) is 1. The van der Waals surface area contributed by atoms with Gasteiger partial charge >= 0.3 is 0 Å². The Kier molecular flexibility index (Phi) is 4.69. The van der Waals surface area contributed by atoms with Crippen molar-refractivity contribution in [3.63, 3.8) is 0 Å². The minimum absolute atomic E-state index is 0.279. The van der Waals surface area contributed by atoms with E-state index in [1.807, 2.05) is 0 Å². The maximum Gasteiger partial charge on any atom is 0.0851 e. The van der Waals surface area contributed by atoms with E-state index in [0.29, 0.717) is 6.42 Å². The molecule has 1 saturated heterocycles. The number of likely N-dealkylation sites (N-methyl/N-ethyl adjacent to an activating group) is 1. The van der Waals surface area contributed by atoms with E-state index in [9.17, 15) is 0 Å². The molecule has 3 nitrogen and oxygen atoms in total. The van der Waals surface area contributed by atoms with Gasteiger partial charge in [-0.1, -0.05) is 13.2 Å². The number of rotatable bonds is 5. The SMILES string of the molecule is C=C(O)CCCC(=C)N1CCN(C)CC1. The lowest BCUT2D eigenvalue weighted by atomic mass is 10.1. The van der Waals surface area contributed by atoms with Gasteiger partial charge in [-0.2, -0.15) is 0 Å². The Morgan fingerprint density at radius 1 is 1.13 bits per heavy atom. The highest BCUT2D eigenvalue weighted by molar-refractivity contribution is 4.96. The summed E-state index contributed by atoms with van der Waals surface area (Å²) in [6.45, 7) is 12.0. The molecule has 0 aromatic heterocycles. The average molecular weight is 210 g/mol. The standard InChI is InChI=1S/C12H22N2O/c1-11(5-4-6-12(2)15)14-9-7-13(3)8-10-14/h15H,1-2,4-10H2,3H3. The first-order valence-corrected chi connectivity index (χ1v) is 5.57. The van der Waals surface area contributed by atoms with Crippen LogP contribution in [0.15, 0.2) is 24.6 Å². The molecule has 15 heavy (non-hydrogen) atoms. The summed E-state index contributed by atoms with van der Waals surface area (Å²) in [6.07, 6.45) is 2.59. The third kappa shape index (κ3) is 4.38. The fraction of sp³-hybridized carbons (Fsp3) is 0.667. The highest BCUT2D eigenvalue weighted by atomic mass is 16.3. The van der Waals surface area contributed by atoms with Crippen LogP contribution in [0.5, 0.6) is 0 Å². The molecule has 0 amide bonds. The van der Waals surface area contributed by atoms with Gasteiger partial charge in [-0.15, -0.1) is 0 Å². The van der Waals surface area contributed by atoms with Crippen LogP contribution in [0.3, 0.4) is 0 Å². The fourth-order valence-corrected chi connectivity index (χ4v) is 1.78. The lowest BCUT2D eigenvalue weighted by molar-refractivity contribution is 0.182. The molecular formula is C12H22N2O. The number of aliphatic hydroxyl groups is 1. The molecule has 1 aliphatic heterocycles. The van der Waals surface area contributed by atoms with Crippen LogP contribution in [-0.2, 0) is 0 Å². The van der Waals surface area contributed by atoms with Crippen molar-refractivity contribution in [2.24, 2.45) is 0 Å². The minimum Gasteiger partial charge on any atom is -0.513 e. The molecule has 0 radical (unpaired) electrons. The number of nitrogens with zero attached hydrogens (tertiary/aromatic N) is 2. The van der Waals surface area contributed by atoms with Crippen molar-refractivity contribution in [2.45, 2.75) is 19.3 Å². The molecule has 1 heterocycles. The predicted molar refractivity (Wildman–Crippen MR) is 63.8 cm³/mol. The van der Waals surface area contributed by atoms with E-state index in [4.69, 9.17) is 5.11 Å². The Hall–Kier alpha value is -0.960. The molecule has 1 aliphatic rings. The van der Waals surface area contributed by atoms with Crippen LogP contribution in [0.25, 0.3) is 0 Å². The van der Waals surface area contributed by atoms with Gasteiger partial charge in [0.25, 0.3) is 0 Å². The summed E-state index contributed by atoms with van der Waals surface area (Å²) in [7, 11) is 2.15. The van der Waals surface area contributed by atoms with Gasteiger partial charge in [0.2, 0.25) is 0 Å². The van der Waals surface area contributed by atoms with Gasteiger partial charge in [0, 0.05) is 38.3 Å². The zero-order chi connectivity index (χ0) is 11.3. The molecule has 3 heteroatoms. The normalized spacial score (nSPS) is 17.8. The number of hydrogen-bond acceptors (Lipinski definition) is 3. The zero-order valence-corrected chi connectivity index (χ0v) is 9.71. The Bertz CT molecular complexity index is 230. The molecule has 0 atom stereocenters. The summed E-state index contributed by atoms with van der Waals surface area (Å²) in [5.41, 5.74) is 1.20. The van der Waals surface area contributed by atoms with Crippen LogP contribution in [0.1, 0.15) is 19.3 Å². The van der Waals surface area contributed by atoms with Crippen LogP contribution in [-0.4, -0.2) is 48.1 Å². The van der Waals surface area contributed by atoms with E-state index in [-0.39, 0.29) is 5.76 Å². The molecule has 0 aliphatic carbocycles. The Balaban J connectivity index is 2.19. The molecule has 0 unspecified atom stereocenters. The molecule has 1 N–H and O–H groups in total. The number of aliphatic hydroxyl groups excluding tert-OH is 1. The highest BCUT2D eigenvalue weighted by Crippen LogP contribution is 2.14. The summed E-state index contributed by atoms with van der Waals surface area (Å²) in [5.74, 6) is 0.279. The first-order valence-electron chi connectivity index (χ1n) is 5.57. The summed E-state index contributed by atoms with van der Waals surface area (Å²) in [4.78, 5) is 4.68. The largest absolute Gasteiger partial charge is 0.513 e. The van der Waals surface area contributed by atoms with E-state index in [1.54, 1.807) is 0 Å². The van der Waals surface area contributed by atoms with Gasteiger partial charge in [-0.25, -0.2) is 0 Å². The van der Waals surface area contributed by atoms with Crippen LogP contribution in [0.2, 0.25) is 0 Å². The molecule has 1 fully saturated rings. The van der Waals surface area contributed by atoms with Crippen molar-refractivity contribution in [2.75, 3.05) is 33.2 Å². The monoisotopic (exact) mass is 210 g/mol. The van der Waals surface area contributed by atoms with Crippen molar-refractivity contribution in [1.29, 1.82) is 0 Å². The molecule has 0 aromatic rings. The van der Waals surface area contributed by atoms with Gasteiger partial charge in [0.15, 0.2) is 0 Å². The van der Waals surface area contributed by atoms with Crippen LogP contribution >= 0.6 is 0 Å². The number of piperazine rings is 1. The third-order valence-electron chi connectivity index (χ3n) is 2.88. The molecule has 86 valence electrons. The van der Waals surface area contributed by atoms with E-state index < -0.39 is 0 Å². The molecular weight excluding hydrogens is 188 g/mol.